The van der Waals surface area contributed by atoms with Gasteiger partial charge in [0.2, 0.25) is 0 Å². The van der Waals surface area contributed by atoms with E-state index < -0.39 is 5.97 Å². The largest absolute Gasteiger partial charge is 0.482 e. The molecule has 0 unspecified atom stereocenters. The van der Waals surface area contributed by atoms with E-state index in [-0.39, 0.29) is 24.2 Å². The number of amides is 2. The minimum absolute atomic E-state index is 0.00590. The van der Waals surface area contributed by atoms with Crippen LogP contribution in [-0.4, -0.2) is 47.5 Å². The van der Waals surface area contributed by atoms with Gasteiger partial charge < -0.3 is 20.5 Å². The Labute approximate surface area is 138 Å². The summed E-state index contributed by atoms with van der Waals surface area (Å²) in [6.45, 7) is 0.277. The first-order valence-corrected chi connectivity index (χ1v) is 8.26. The molecule has 0 fully saturated rings. The Morgan fingerprint density at radius 1 is 1.45 bits per heavy atom. The van der Waals surface area contributed by atoms with Crippen LogP contribution < -0.4 is 15.4 Å². The molecule has 1 aromatic carbocycles. The van der Waals surface area contributed by atoms with Crippen LogP contribution in [0.1, 0.15) is 10.4 Å². The standard InChI is InChI=1S/C13H13BrN2O5S/c14-8-4-9-10(21-5-11(17)16-9)3-7(8)13(20)15-1-2-22-6-12(18)19/h3-4H,1-2,5-6H2,(H,15,20)(H,16,17)(H,18,19). The average Bonchev–Trinajstić information content (AvgIpc) is 2.45. The third kappa shape index (κ3) is 4.38. The number of hydrogen-bond donors (Lipinski definition) is 3. The van der Waals surface area contributed by atoms with Gasteiger partial charge in [-0.2, -0.15) is 0 Å². The van der Waals surface area contributed by atoms with E-state index in [0.29, 0.717) is 33.8 Å². The molecule has 2 amide bonds. The summed E-state index contributed by atoms with van der Waals surface area (Å²) < 4.78 is 5.80. The number of fused-ring (bicyclic) bond motifs is 1. The van der Waals surface area contributed by atoms with Crippen molar-refractivity contribution in [3.8, 4) is 5.75 Å². The number of carbonyl (C=O) groups excluding carboxylic acids is 2. The summed E-state index contributed by atoms with van der Waals surface area (Å²) in [5, 5.41) is 13.9. The van der Waals surface area contributed by atoms with Crippen LogP contribution in [0, 0.1) is 0 Å². The Balaban J connectivity index is 1.95. The first-order valence-electron chi connectivity index (χ1n) is 6.31. The third-order valence-corrected chi connectivity index (χ3v) is 4.30. The summed E-state index contributed by atoms with van der Waals surface area (Å²) in [4.78, 5) is 33.7. The van der Waals surface area contributed by atoms with Crippen molar-refractivity contribution in [1.29, 1.82) is 0 Å². The van der Waals surface area contributed by atoms with Crippen LogP contribution in [0.3, 0.4) is 0 Å². The molecular weight excluding hydrogens is 376 g/mol. The van der Waals surface area contributed by atoms with Crippen LogP contribution in [0.4, 0.5) is 5.69 Å². The number of carboxylic acids is 1. The summed E-state index contributed by atoms with van der Waals surface area (Å²) in [5.74, 6) is -0.474. The fraction of sp³-hybridized carbons (Fsp3) is 0.308. The summed E-state index contributed by atoms with van der Waals surface area (Å²) in [6, 6.07) is 3.17. The molecule has 1 aliphatic rings. The van der Waals surface area contributed by atoms with E-state index in [4.69, 9.17) is 9.84 Å². The van der Waals surface area contributed by atoms with Gasteiger partial charge in [-0.15, -0.1) is 11.8 Å². The predicted octanol–water partition coefficient (Wildman–Crippen LogP) is 1.33. The molecule has 3 N–H and O–H groups in total. The van der Waals surface area contributed by atoms with Gasteiger partial charge in [0.1, 0.15) is 5.75 Å². The molecule has 1 aliphatic heterocycles. The van der Waals surface area contributed by atoms with Gasteiger partial charge >= 0.3 is 5.97 Å². The molecule has 22 heavy (non-hydrogen) atoms. The highest BCUT2D eigenvalue weighted by Crippen LogP contribution is 2.33. The van der Waals surface area contributed by atoms with Crippen molar-refractivity contribution in [3.63, 3.8) is 0 Å². The number of halogens is 1. The Kier molecular flexibility index (Phi) is 5.67. The van der Waals surface area contributed by atoms with Crippen molar-refractivity contribution in [2.45, 2.75) is 0 Å². The number of carbonyl (C=O) groups is 3. The van der Waals surface area contributed by atoms with Crippen molar-refractivity contribution in [3.05, 3.63) is 22.2 Å². The van der Waals surface area contributed by atoms with E-state index in [2.05, 4.69) is 26.6 Å². The van der Waals surface area contributed by atoms with Crippen LogP contribution in [0.15, 0.2) is 16.6 Å². The molecular formula is C13H13BrN2O5S. The van der Waals surface area contributed by atoms with Gasteiger partial charge in [-0.25, -0.2) is 0 Å². The molecule has 0 radical (unpaired) electrons. The van der Waals surface area contributed by atoms with Crippen LogP contribution in [-0.2, 0) is 9.59 Å². The molecule has 0 saturated heterocycles. The Morgan fingerprint density at radius 2 is 2.23 bits per heavy atom. The molecule has 2 rings (SSSR count). The molecule has 0 atom stereocenters. The van der Waals surface area contributed by atoms with E-state index in [0.717, 1.165) is 0 Å². The van der Waals surface area contributed by atoms with Crippen LogP contribution >= 0.6 is 27.7 Å². The lowest BCUT2D eigenvalue weighted by Gasteiger charge is -2.19. The lowest BCUT2D eigenvalue weighted by atomic mass is 10.1. The first kappa shape index (κ1) is 16.6. The normalized spacial score (nSPS) is 12.9. The fourth-order valence-electron chi connectivity index (χ4n) is 1.77. The monoisotopic (exact) mass is 388 g/mol. The zero-order valence-corrected chi connectivity index (χ0v) is 13.8. The van der Waals surface area contributed by atoms with E-state index in [9.17, 15) is 14.4 Å². The van der Waals surface area contributed by atoms with Crippen molar-refractivity contribution in [2.75, 3.05) is 30.0 Å². The van der Waals surface area contributed by atoms with Crippen LogP contribution in [0.5, 0.6) is 5.75 Å². The van der Waals surface area contributed by atoms with E-state index in [1.54, 1.807) is 12.1 Å². The van der Waals surface area contributed by atoms with Gasteiger partial charge in [0.05, 0.1) is 17.0 Å². The Morgan fingerprint density at radius 3 is 2.95 bits per heavy atom. The van der Waals surface area contributed by atoms with E-state index in [1.165, 1.54) is 11.8 Å². The molecule has 0 aromatic heterocycles. The van der Waals surface area contributed by atoms with Gasteiger partial charge in [0, 0.05) is 16.8 Å². The predicted molar refractivity (Wildman–Crippen MR) is 85.6 cm³/mol. The number of thioether (sulfide) groups is 1. The first-order chi connectivity index (χ1) is 10.5. The Bertz CT molecular complexity index is 623. The molecule has 0 bridgehead atoms. The molecule has 1 heterocycles. The molecule has 118 valence electrons. The number of nitrogens with one attached hydrogen (secondary N) is 2. The maximum atomic E-state index is 12.1. The quantitative estimate of drug-likeness (QED) is 0.634. The lowest BCUT2D eigenvalue weighted by Crippen LogP contribution is -2.28. The number of aliphatic carboxylic acids is 1. The van der Waals surface area contributed by atoms with Crippen LogP contribution in [0.2, 0.25) is 0 Å². The number of ether oxygens (including phenoxy) is 1. The summed E-state index contributed by atoms with van der Waals surface area (Å²) >= 11 is 4.51. The summed E-state index contributed by atoms with van der Waals surface area (Å²) in [7, 11) is 0. The Hall–Kier alpha value is -1.74. The van der Waals surface area contributed by atoms with Crippen molar-refractivity contribution in [1.82, 2.24) is 5.32 Å². The van der Waals surface area contributed by atoms with Gasteiger partial charge in [0.15, 0.2) is 6.61 Å². The zero-order valence-electron chi connectivity index (χ0n) is 11.3. The van der Waals surface area contributed by atoms with Crippen molar-refractivity contribution in [2.24, 2.45) is 0 Å². The molecule has 7 nitrogen and oxygen atoms in total. The van der Waals surface area contributed by atoms with Gasteiger partial charge in [-0.1, -0.05) is 0 Å². The third-order valence-electron chi connectivity index (χ3n) is 2.70. The van der Waals surface area contributed by atoms with Gasteiger partial charge in [-0.05, 0) is 28.1 Å². The van der Waals surface area contributed by atoms with Gasteiger partial charge in [-0.3, -0.25) is 14.4 Å². The molecule has 0 aliphatic carbocycles. The minimum Gasteiger partial charge on any atom is -0.482 e. The summed E-state index contributed by atoms with van der Waals surface area (Å²) in [5.41, 5.74) is 0.898. The fourth-order valence-corrected chi connectivity index (χ4v) is 2.85. The molecule has 0 spiro atoms. The smallest absolute Gasteiger partial charge is 0.313 e. The topological polar surface area (TPSA) is 105 Å². The van der Waals surface area contributed by atoms with Gasteiger partial charge in [0.25, 0.3) is 11.8 Å². The number of carboxylic acid groups (broad SMARTS) is 1. The zero-order chi connectivity index (χ0) is 16.1. The second-order valence-corrected chi connectivity index (χ2v) is 6.33. The number of benzene rings is 1. The molecule has 0 saturated carbocycles. The highest BCUT2D eigenvalue weighted by atomic mass is 79.9. The van der Waals surface area contributed by atoms with Crippen molar-refractivity contribution >= 4 is 51.2 Å². The maximum absolute atomic E-state index is 12.1. The molecule has 1 aromatic rings. The number of hydrogen-bond acceptors (Lipinski definition) is 5. The minimum atomic E-state index is -0.882. The van der Waals surface area contributed by atoms with Crippen molar-refractivity contribution < 1.29 is 24.2 Å². The van der Waals surface area contributed by atoms with Crippen LogP contribution in [0.25, 0.3) is 0 Å². The highest BCUT2D eigenvalue weighted by Gasteiger charge is 2.20. The number of rotatable bonds is 6. The SMILES string of the molecule is O=C(O)CSCCNC(=O)c1cc2c(cc1Br)NC(=O)CO2. The summed E-state index contributed by atoms with van der Waals surface area (Å²) in [6.07, 6.45) is 0. The van der Waals surface area contributed by atoms with E-state index >= 15 is 0 Å². The second kappa shape index (κ2) is 7.50. The maximum Gasteiger partial charge on any atom is 0.313 e. The lowest BCUT2D eigenvalue weighted by molar-refractivity contribution is -0.133. The average molecular weight is 389 g/mol. The number of anilines is 1. The molecule has 9 heteroatoms. The second-order valence-electron chi connectivity index (χ2n) is 4.37. The van der Waals surface area contributed by atoms with E-state index in [1.807, 2.05) is 0 Å². The highest BCUT2D eigenvalue weighted by molar-refractivity contribution is 9.10.